The van der Waals surface area contributed by atoms with Crippen LogP contribution in [0.2, 0.25) is 0 Å². The highest BCUT2D eigenvalue weighted by Crippen LogP contribution is 2.18. The van der Waals surface area contributed by atoms with Crippen molar-refractivity contribution in [3.63, 3.8) is 0 Å². The van der Waals surface area contributed by atoms with E-state index in [1.54, 1.807) is 7.11 Å². The quantitative estimate of drug-likeness (QED) is 0.601. The Kier molecular flexibility index (Phi) is 9.06. The summed E-state index contributed by atoms with van der Waals surface area (Å²) >= 11 is 0. The van der Waals surface area contributed by atoms with Gasteiger partial charge in [-0.25, -0.2) is 0 Å². The van der Waals surface area contributed by atoms with Crippen molar-refractivity contribution in [1.82, 2.24) is 0 Å². The Morgan fingerprint density at radius 2 is 1.73 bits per heavy atom. The fourth-order valence-electron chi connectivity index (χ4n) is 1.83. The van der Waals surface area contributed by atoms with Crippen molar-refractivity contribution in [1.29, 1.82) is 0 Å². The van der Waals surface area contributed by atoms with Crippen LogP contribution in [0, 0.1) is 11.8 Å². The summed E-state index contributed by atoms with van der Waals surface area (Å²) in [6.45, 7) is 8.90. The maximum absolute atomic E-state index is 5.92. The minimum atomic E-state index is 0.257. The Hall–Kier alpha value is -0.120. The second-order valence-electron chi connectivity index (χ2n) is 4.51. The highest BCUT2D eigenvalue weighted by molar-refractivity contribution is 4.71. The minimum absolute atomic E-state index is 0.257. The summed E-state index contributed by atoms with van der Waals surface area (Å²) in [5, 5.41) is 0. The Morgan fingerprint density at radius 1 is 1.07 bits per heavy atom. The molecule has 0 radical (unpaired) electrons. The van der Waals surface area contributed by atoms with Crippen LogP contribution in [0.25, 0.3) is 0 Å². The van der Waals surface area contributed by atoms with E-state index in [0.717, 1.165) is 32.7 Å². The number of nitrogens with two attached hydrogens (primary N) is 1. The van der Waals surface area contributed by atoms with Gasteiger partial charge in [-0.15, -0.1) is 0 Å². The van der Waals surface area contributed by atoms with Gasteiger partial charge in [0.05, 0.1) is 0 Å². The van der Waals surface area contributed by atoms with Gasteiger partial charge in [0.2, 0.25) is 0 Å². The van der Waals surface area contributed by atoms with E-state index in [-0.39, 0.29) is 6.04 Å². The van der Waals surface area contributed by atoms with Crippen molar-refractivity contribution in [3.8, 4) is 0 Å². The van der Waals surface area contributed by atoms with Crippen LogP contribution < -0.4 is 5.73 Å². The lowest BCUT2D eigenvalue weighted by Crippen LogP contribution is -2.31. The van der Waals surface area contributed by atoms with E-state index < -0.39 is 0 Å². The van der Waals surface area contributed by atoms with Crippen molar-refractivity contribution in [2.75, 3.05) is 26.9 Å². The predicted molar refractivity (Wildman–Crippen MR) is 63.9 cm³/mol. The molecule has 2 unspecified atom stereocenters. The van der Waals surface area contributed by atoms with Gasteiger partial charge in [-0.05, 0) is 31.6 Å². The molecule has 0 aliphatic carbocycles. The number of hydrogen-bond acceptors (Lipinski definition) is 3. The van der Waals surface area contributed by atoms with Crippen molar-refractivity contribution < 1.29 is 9.47 Å². The minimum Gasteiger partial charge on any atom is -0.385 e. The summed E-state index contributed by atoms with van der Waals surface area (Å²) in [5.74, 6) is 1.19. The van der Waals surface area contributed by atoms with Gasteiger partial charge >= 0.3 is 0 Å². The monoisotopic (exact) mass is 217 g/mol. The summed E-state index contributed by atoms with van der Waals surface area (Å²) in [6.07, 6.45) is 2.03. The first-order valence-electron chi connectivity index (χ1n) is 5.91. The molecular weight excluding hydrogens is 190 g/mol. The summed E-state index contributed by atoms with van der Waals surface area (Å²) in [6, 6.07) is 0.257. The molecule has 0 bridgehead atoms. The average Bonchev–Trinajstić information content (AvgIpc) is 2.15. The molecule has 2 atom stereocenters. The number of rotatable bonds is 9. The first kappa shape index (κ1) is 14.9. The van der Waals surface area contributed by atoms with Gasteiger partial charge in [-0.1, -0.05) is 13.8 Å². The lowest BCUT2D eigenvalue weighted by atomic mass is 9.87. The molecule has 3 nitrogen and oxygen atoms in total. The van der Waals surface area contributed by atoms with E-state index >= 15 is 0 Å². The van der Waals surface area contributed by atoms with E-state index in [1.165, 1.54) is 0 Å². The molecule has 0 aromatic heterocycles. The van der Waals surface area contributed by atoms with Crippen LogP contribution in [-0.4, -0.2) is 33.0 Å². The molecule has 0 rings (SSSR count). The molecule has 92 valence electrons. The Balaban J connectivity index is 3.46. The summed E-state index contributed by atoms with van der Waals surface area (Å²) < 4.78 is 10.5. The molecule has 0 aliphatic heterocycles. The van der Waals surface area contributed by atoms with Crippen molar-refractivity contribution in [3.05, 3.63) is 0 Å². The van der Waals surface area contributed by atoms with Crippen LogP contribution >= 0.6 is 0 Å². The highest BCUT2D eigenvalue weighted by atomic mass is 16.5. The highest BCUT2D eigenvalue weighted by Gasteiger charge is 2.17. The van der Waals surface area contributed by atoms with Crippen LogP contribution in [0.3, 0.4) is 0 Å². The molecule has 0 saturated carbocycles. The summed E-state index contributed by atoms with van der Waals surface area (Å²) in [5.41, 5.74) is 5.92. The molecule has 0 aromatic rings. The average molecular weight is 217 g/mol. The molecule has 0 amide bonds. The van der Waals surface area contributed by atoms with Gasteiger partial charge < -0.3 is 15.2 Å². The van der Waals surface area contributed by atoms with Gasteiger partial charge in [-0.2, -0.15) is 0 Å². The zero-order valence-corrected chi connectivity index (χ0v) is 10.7. The summed E-state index contributed by atoms with van der Waals surface area (Å²) in [4.78, 5) is 0. The SMILES string of the molecule is COCCCOCCC(C(C)C)C(C)N. The molecule has 15 heavy (non-hydrogen) atoms. The third-order valence-electron chi connectivity index (χ3n) is 2.76. The summed E-state index contributed by atoms with van der Waals surface area (Å²) in [7, 11) is 1.71. The van der Waals surface area contributed by atoms with Gasteiger partial charge in [0.1, 0.15) is 0 Å². The van der Waals surface area contributed by atoms with Gasteiger partial charge in [0.25, 0.3) is 0 Å². The van der Waals surface area contributed by atoms with Gasteiger partial charge in [0.15, 0.2) is 0 Å². The van der Waals surface area contributed by atoms with Crippen molar-refractivity contribution in [2.24, 2.45) is 17.6 Å². The molecule has 3 heteroatoms. The molecule has 0 saturated heterocycles. The largest absolute Gasteiger partial charge is 0.385 e. The fourth-order valence-corrected chi connectivity index (χ4v) is 1.83. The third-order valence-corrected chi connectivity index (χ3v) is 2.76. The maximum atomic E-state index is 5.92. The molecule has 0 aliphatic rings. The van der Waals surface area contributed by atoms with Gasteiger partial charge in [0, 0.05) is 33.0 Å². The first-order valence-corrected chi connectivity index (χ1v) is 5.91. The predicted octanol–water partition coefficient (Wildman–Crippen LogP) is 2.05. The molecule has 0 fully saturated rings. The molecule has 0 spiro atoms. The van der Waals surface area contributed by atoms with E-state index in [2.05, 4.69) is 20.8 Å². The molecular formula is C12H27NO2. The van der Waals surface area contributed by atoms with Crippen molar-refractivity contribution in [2.45, 2.75) is 39.7 Å². The van der Waals surface area contributed by atoms with Crippen LogP contribution in [0.15, 0.2) is 0 Å². The van der Waals surface area contributed by atoms with Crippen molar-refractivity contribution >= 4 is 0 Å². The van der Waals surface area contributed by atoms with Crippen LogP contribution in [-0.2, 0) is 9.47 Å². The number of methoxy groups -OCH3 is 1. The zero-order chi connectivity index (χ0) is 11.7. The first-order chi connectivity index (χ1) is 7.09. The Bertz CT molecular complexity index is 130. The van der Waals surface area contributed by atoms with Crippen LogP contribution in [0.5, 0.6) is 0 Å². The molecule has 0 heterocycles. The van der Waals surface area contributed by atoms with E-state index in [0.29, 0.717) is 11.8 Å². The topological polar surface area (TPSA) is 44.5 Å². The molecule has 0 aromatic carbocycles. The number of hydrogen-bond donors (Lipinski definition) is 1. The smallest absolute Gasteiger partial charge is 0.0487 e. The van der Waals surface area contributed by atoms with Gasteiger partial charge in [-0.3, -0.25) is 0 Å². The second-order valence-corrected chi connectivity index (χ2v) is 4.51. The number of ether oxygens (including phenoxy) is 2. The zero-order valence-electron chi connectivity index (χ0n) is 10.7. The fraction of sp³-hybridized carbons (Fsp3) is 1.00. The third kappa shape index (κ3) is 7.77. The molecule has 2 N–H and O–H groups in total. The van der Waals surface area contributed by atoms with E-state index in [1.807, 2.05) is 0 Å². The Labute approximate surface area is 94.3 Å². The standard InChI is InChI=1S/C12H27NO2/c1-10(2)12(11(3)13)6-9-15-8-5-7-14-4/h10-12H,5-9,13H2,1-4H3. The van der Waals surface area contributed by atoms with E-state index in [4.69, 9.17) is 15.2 Å². The van der Waals surface area contributed by atoms with Crippen LogP contribution in [0.4, 0.5) is 0 Å². The van der Waals surface area contributed by atoms with E-state index in [9.17, 15) is 0 Å². The lowest BCUT2D eigenvalue weighted by molar-refractivity contribution is 0.0866. The van der Waals surface area contributed by atoms with Crippen LogP contribution in [0.1, 0.15) is 33.6 Å². The normalized spacial score (nSPS) is 15.6. The lowest BCUT2D eigenvalue weighted by Gasteiger charge is -2.24. The maximum Gasteiger partial charge on any atom is 0.0487 e. The Morgan fingerprint density at radius 3 is 2.20 bits per heavy atom. The second kappa shape index (κ2) is 9.13.